The molecule has 3 aromatic rings. The molecule has 1 aliphatic carbocycles. The Morgan fingerprint density at radius 1 is 1.09 bits per heavy atom. The zero-order chi connectivity index (χ0) is 22.8. The number of hydrogen-bond donors (Lipinski definition) is 2. The molecular weight excluding hydrogens is 428 g/mol. The van der Waals surface area contributed by atoms with Gasteiger partial charge in [-0.05, 0) is 70.5 Å². The Labute approximate surface area is 192 Å². The van der Waals surface area contributed by atoms with Crippen molar-refractivity contribution in [1.29, 1.82) is 0 Å². The molecule has 1 fully saturated rings. The number of furan rings is 1. The number of aryl methyl sites for hydroxylation is 1. The van der Waals surface area contributed by atoms with Crippen LogP contribution >= 0.6 is 11.6 Å². The molecular formula is C24H27ClN4O3. The SMILES string of the molecule is Cc1cccc2c(NC(=O)C3CCC(N(C)C)CC3)c(C(=O)Nc3ccc(Cl)cn3)oc12. The van der Waals surface area contributed by atoms with E-state index in [0.717, 1.165) is 31.2 Å². The number of halogens is 1. The lowest BCUT2D eigenvalue weighted by atomic mass is 9.85. The molecule has 1 saturated carbocycles. The number of benzene rings is 1. The number of carbonyl (C=O) groups excluding carboxylic acids is 2. The molecule has 8 heteroatoms. The van der Waals surface area contributed by atoms with Gasteiger partial charge in [-0.2, -0.15) is 0 Å². The fourth-order valence-corrected chi connectivity index (χ4v) is 4.36. The van der Waals surface area contributed by atoms with Crippen molar-refractivity contribution in [3.05, 3.63) is 52.9 Å². The summed E-state index contributed by atoms with van der Waals surface area (Å²) < 4.78 is 5.94. The van der Waals surface area contributed by atoms with E-state index >= 15 is 0 Å². The normalized spacial score (nSPS) is 18.7. The van der Waals surface area contributed by atoms with E-state index in [1.165, 1.54) is 6.20 Å². The first-order valence-electron chi connectivity index (χ1n) is 10.8. The Balaban J connectivity index is 1.60. The van der Waals surface area contributed by atoms with Crippen LogP contribution in [0.1, 0.15) is 41.8 Å². The van der Waals surface area contributed by atoms with Crippen molar-refractivity contribution in [1.82, 2.24) is 9.88 Å². The topological polar surface area (TPSA) is 87.5 Å². The Morgan fingerprint density at radius 3 is 2.50 bits per heavy atom. The Hall–Kier alpha value is -2.90. The van der Waals surface area contributed by atoms with Crippen LogP contribution in [0.3, 0.4) is 0 Å². The molecule has 2 amide bonds. The van der Waals surface area contributed by atoms with Gasteiger partial charge in [0.05, 0.1) is 5.02 Å². The van der Waals surface area contributed by atoms with Gasteiger partial charge < -0.3 is 20.0 Å². The Morgan fingerprint density at radius 2 is 1.84 bits per heavy atom. The summed E-state index contributed by atoms with van der Waals surface area (Å²) in [5, 5.41) is 6.89. The number of aromatic nitrogens is 1. The van der Waals surface area contributed by atoms with Crippen molar-refractivity contribution in [3.63, 3.8) is 0 Å². The number of pyridine rings is 1. The highest BCUT2D eigenvalue weighted by Gasteiger charge is 2.30. The third kappa shape index (κ3) is 4.64. The predicted octanol–water partition coefficient (Wildman–Crippen LogP) is 5.10. The second-order valence-corrected chi connectivity index (χ2v) is 8.97. The first-order chi connectivity index (χ1) is 15.3. The third-order valence-corrected chi connectivity index (χ3v) is 6.36. The number of anilines is 2. The van der Waals surface area contributed by atoms with E-state index in [1.54, 1.807) is 12.1 Å². The van der Waals surface area contributed by atoms with Gasteiger partial charge in [-0.15, -0.1) is 0 Å². The standard InChI is InChI=1S/C24H27ClN4O3/c1-14-5-4-6-18-20(28-23(30)15-7-10-17(11-8-15)29(2)3)22(32-21(14)18)24(31)27-19-12-9-16(25)13-26-19/h4-6,9,12-13,15,17H,7-8,10-11H2,1-3H3,(H,28,30)(H,26,27,31). The lowest BCUT2D eigenvalue weighted by Gasteiger charge is -2.31. The fourth-order valence-electron chi connectivity index (χ4n) is 4.25. The van der Waals surface area contributed by atoms with Crippen molar-refractivity contribution < 1.29 is 14.0 Å². The molecule has 168 valence electrons. The highest BCUT2D eigenvalue weighted by atomic mass is 35.5. The van der Waals surface area contributed by atoms with Crippen LogP contribution in [0.4, 0.5) is 11.5 Å². The number of nitrogens with one attached hydrogen (secondary N) is 2. The van der Waals surface area contributed by atoms with E-state index in [1.807, 2.05) is 25.1 Å². The van der Waals surface area contributed by atoms with Crippen LogP contribution in [-0.4, -0.2) is 41.8 Å². The van der Waals surface area contributed by atoms with Crippen molar-refractivity contribution in [2.45, 2.75) is 38.6 Å². The number of carbonyl (C=O) groups is 2. The van der Waals surface area contributed by atoms with Crippen LogP contribution in [-0.2, 0) is 4.79 Å². The largest absolute Gasteiger partial charge is 0.448 e. The number of fused-ring (bicyclic) bond motifs is 1. The van der Waals surface area contributed by atoms with E-state index in [-0.39, 0.29) is 17.6 Å². The molecule has 0 unspecified atom stereocenters. The maximum atomic E-state index is 13.1. The first-order valence-corrected chi connectivity index (χ1v) is 11.1. The van der Waals surface area contributed by atoms with E-state index in [9.17, 15) is 9.59 Å². The highest BCUT2D eigenvalue weighted by molar-refractivity contribution is 6.30. The van der Waals surface area contributed by atoms with Crippen LogP contribution in [0.5, 0.6) is 0 Å². The summed E-state index contributed by atoms with van der Waals surface area (Å²) in [6.45, 7) is 1.91. The minimum absolute atomic E-state index is 0.0568. The fraction of sp³-hybridized carbons (Fsp3) is 0.375. The van der Waals surface area contributed by atoms with Gasteiger partial charge in [0.1, 0.15) is 17.1 Å². The number of para-hydroxylation sites is 1. The summed E-state index contributed by atoms with van der Waals surface area (Å²) in [6.07, 6.45) is 5.05. The van der Waals surface area contributed by atoms with E-state index < -0.39 is 5.91 Å². The Bertz CT molecular complexity index is 1130. The molecule has 2 N–H and O–H groups in total. The molecule has 4 rings (SSSR count). The second kappa shape index (κ2) is 9.30. The summed E-state index contributed by atoms with van der Waals surface area (Å²) in [4.78, 5) is 32.5. The Kier molecular flexibility index (Phi) is 6.48. The van der Waals surface area contributed by atoms with Gasteiger partial charge >= 0.3 is 0 Å². The maximum absolute atomic E-state index is 13.1. The van der Waals surface area contributed by atoms with Crippen LogP contribution in [0.2, 0.25) is 5.02 Å². The second-order valence-electron chi connectivity index (χ2n) is 8.53. The van der Waals surface area contributed by atoms with Gasteiger partial charge in [0.2, 0.25) is 11.7 Å². The average molecular weight is 455 g/mol. The molecule has 1 aliphatic rings. The first kappa shape index (κ1) is 22.3. The van der Waals surface area contributed by atoms with E-state index in [4.69, 9.17) is 16.0 Å². The summed E-state index contributed by atoms with van der Waals surface area (Å²) in [5.74, 6) is -0.251. The smallest absolute Gasteiger partial charge is 0.294 e. The minimum atomic E-state index is -0.484. The van der Waals surface area contributed by atoms with Crippen LogP contribution in [0.25, 0.3) is 11.0 Å². The van der Waals surface area contributed by atoms with Crippen LogP contribution in [0.15, 0.2) is 40.9 Å². The molecule has 0 radical (unpaired) electrons. The van der Waals surface area contributed by atoms with Crippen LogP contribution < -0.4 is 10.6 Å². The molecule has 0 spiro atoms. The summed E-state index contributed by atoms with van der Waals surface area (Å²) in [7, 11) is 4.15. The monoisotopic (exact) mass is 454 g/mol. The lowest BCUT2D eigenvalue weighted by molar-refractivity contribution is -0.121. The molecule has 0 atom stereocenters. The number of nitrogens with zero attached hydrogens (tertiary/aromatic N) is 2. The molecule has 0 saturated heterocycles. The third-order valence-electron chi connectivity index (χ3n) is 6.13. The number of hydrogen-bond acceptors (Lipinski definition) is 5. The molecule has 2 aromatic heterocycles. The van der Waals surface area contributed by atoms with Crippen LogP contribution in [0, 0.1) is 12.8 Å². The number of rotatable bonds is 5. The summed E-state index contributed by atoms with van der Waals surface area (Å²) >= 11 is 5.87. The van der Waals surface area contributed by atoms with E-state index in [0.29, 0.717) is 33.5 Å². The lowest BCUT2D eigenvalue weighted by Crippen LogP contribution is -2.35. The zero-order valence-corrected chi connectivity index (χ0v) is 19.2. The molecule has 2 heterocycles. The van der Waals surface area contributed by atoms with Crippen molar-refractivity contribution >= 4 is 45.9 Å². The van der Waals surface area contributed by atoms with Crippen molar-refractivity contribution in [3.8, 4) is 0 Å². The average Bonchev–Trinajstić information content (AvgIpc) is 3.15. The predicted molar refractivity (Wildman–Crippen MR) is 126 cm³/mol. The molecule has 32 heavy (non-hydrogen) atoms. The zero-order valence-electron chi connectivity index (χ0n) is 18.4. The van der Waals surface area contributed by atoms with E-state index in [2.05, 4.69) is 34.6 Å². The van der Waals surface area contributed by atoms with Crippen molar-refractivity contribution in [2.75, 3.05) is 24.7 Å². The van der Waals surface area contributed by atoms with Gasteiger partial charge in [0, 0.05) is 23.5 Å². The summed E-state index contributed by atoms with van der Waals surface area (Å²) in [6, 6.07) is 9.39. The van der Waals surface area contributed by atoms with Gasteiger partial charge in [0.15, 0.2) is 0 Å². The van der Waals surface area contributed by atoms with Gasteiger partial charge in [-0.3, -0.25) is 9.59 Å². The summed E-state index contributed by atoms with van der Waals surface area (Å²) in [5.41, 5.74) is 1.86. The molecule has 0 bridgehead atoms. The van der Waals surface area contributed by atoms with Gasteiger partial charge in [0.25, 0.3) is 5.91 Å². The minimum Gasteiger partial charge on any atom is -0.448 e. The number of amides is 2. The maximum Gasteiger partial charge on any atom is 0.294 e. The van der Waals surface area contributed by atoms with Gasteiger partial charge in [-0.1, -0.05) is 23.7 Å². The van der Waals surface area contributed by atoms with Gasteiger partial charge in [-0.25, -0.2) is 4.98 Å². The molecule has 0 aliphatic heterocycles. The van der Waals surface area contributed by atoms with Crippen molar-refractivity contribution in [2.24, 2.45) is 5.92 Å². The molecule has 7 nitrogen and oxygen atoms in total. The molecule has 1 aromatic carbocycles. The quantitative estimate of drug-likeness (QED) is 0.560. The highest BCUT2D eigenvalue weighted by Crippen LogP contribution is 2.35.